The fraction of sp³-hybridized carbons (Fsp3) is 0.691. The molecule has 0 saturated heterocycles. The first-order valence-electron chi connectivity index (χ1n) is 25.6. The molecule has 2 aromatic rings. The zero-order chi connectivity index (χ0) is 48.7. The maximum absolute atomic E-state index is 13.1. The van der Waals surface area contributed by atoms with Crippen LogP contribution in [0, 0.1) is 0 Å². The van der Waals surface area contributed by atoms with Crippen molar-refractivity contribution in [1.82, 2.24) is 10.6 Å². The number of aryl methyl sites for hydroxylation is 2. The molecular weight excluding hydrogens is 848 g/mol. The highest BCUT2D eigenvalue weighted by Gasteiger charge is 2.43. The van der Waals surface area contributed by atoms with Gasteiger partial charge in [0.2, 0.25) is 0 Å². The van der Waals surface area contributed by atoms with E-state index in [0.717, 1.165) is 32.0 Å². The summed E-state index contributed by atoms with van der Waals surface area (Å²) in [5, 5.41) is 5.91. The van der Waals surface area contributed by atoms with Crippen LogP contribution in [0.3, 0.4) is 0 Å². The molecule has 372 valence electrons. The summed E-state index contributed by atoms with van der Waals surface area (Å²) in [6.07, 6.45) is 24.2. The molecule has 4 rings (SSSR count). The molecule has 0 unspecified atom stereocenters. The van der Waals surface area contributed by atoms with E-state index in [9.17, 15) is 18.9 Å². The molecule has 2 aliphatic carbocycles. The standard InChI is InChI=1S/C30H50NO5P.C25H39NO3/c1-7-10-11-12-13-14-15-25-16-18-26(19-17-25)27-20-21-30(24-27,31-28(32)36-29(4,5)6)22-23-37(33,34-8-2)35-9-3;1-5-6-7-8-9-10-11-20-12-14-21(15-13-20)22-16-17-25(18-22,19-27)26-23(28)29-24(2,3)4/h16-19,22-23,27H,7-15,20-21,24H2,1-6H3,(H,31,32);12-15,19,22H,5-11,16-18H2,1-4H3,(H,26,28)/b23-22+;/t27-,30-;22-,25+/m00/s1. The minimum Gasteiger partial charge on any atom is -0.444 e. The van der Waals surface area contributed by atoms with Crippen LogP contribution in [0.25, 0.3) is 0 Å². The second kappa shape index (κ2) is 28.1. The minimum atomic E-state index is -3.39. The Morgan fingerprint density at radius 1 is 0.606 bits per heavy atom. The summed E-state index contributed by atoms with van der Waals surface area (Å²) in [6.45, 7) is 19.6. The molecule has 2 aliphatic rings. The van der Waals surface area contributed by atoms with Crippen LogP contribution in [0.4, 0.5) is 9.59 Å². The molecule has 0 aliphatic heterocycles. The third-order valence-corrected chi connectivity index (χ3v) is 14.3. The van der Waals surface area contributed by atoms with Crippen molar-refractivity contribution < 1.29 is 37.5 Å². The highest BCUT2D eigenvalue weighted by Crippen LogP contribution is 2.52. The molecule has 2 aromatic carbocycles. The van der Waals surface area contributed by atoms with Gasteiger partial charge in [-0.15, -0.1) is 0 Å². The van der Waals surface area contributed by atoms with Gasteiger partial charge in [0.25, 0.3) is 0 Å². The average Bonchev–Trinajstić information content (AvgIpc) is 3.87. The van der Waals surface area contributed by atoms with Crippen molar-refractivity contribution in [3.05, 3.63) is 82.7 Å². The van der Waals surface area contributed by atoms with E-state index in [-0.39, 0.29) is 19.1 Å². The van der Waals surface area contributed by atoms with Gasteiger partial charge in [0.15, 0.2) is 0 Å². The Morgan fingerprint density at radius 2 is 0.985 bits per heavy atom. The van der Waals surface area contributed by atoms with Crippen molar-refractivity contribution in [3.63, 3.8) is 0 Å². The zero-order valence-electron chi connectivity index (χ0n) is 42.8. The highest BCUT2D eigenvalue weighted by molar-refractivity contribution is 7.57. The van der Waals surface area contributed by atoms with Crippen molar-refractivity contribution in [2.45, 2.75) is 232 Å². The molecule has 11 heteroatoms. The van der Waals surface area contributed by atoms with Crippen molar-refractivity contribution >= 4 is 26.1 Å². The van der Waals surface area contributed by atoms with Gasteiger partial charge < -0.3 is 33.9 Å². The molecule has 0 spiro atoms. The molecule has 0 heterocycles. The highest BCUT2D eigenvalue weighted by atomic mass is 31.2. The number of rotatable bonds is 25. The Bertz CT molecular complexity index is 1790. The number of aldehydes is 1. The summed E-state index contributed by atoms with van der Waals surface area (Å²) in [5.41, 5.74) is 2.61. The Balaban J connectivity index is 0.000000361. The monoisotopic (exact) mass is 937 g/mol. The average molecular weight is 937 g/mol. The third-order valence-electron chi connectivity index (χ3n) is 12.6. The smallest absolute Gasteiger partial charge is 0.408 e. The summed E-state index contributed by atoms with van der Waals surface area (Å²) in [7, 11) is -3.39. The van der Waals surface area contributed by atoms with Gasteiger partial charge in [-0.2, -0.15) is 0 Å². The summed E-state index contributed by atoms with van der Waals surface area (Å²) in [6, 6.07) is 17.8. The van der Waals surface area contributed by atoms with E-state index in [2.05, 4.69) is 73.0 Å². The van der Waals surface area contributed by atoms with Crippen molar-refractivity contribution in [1.29, 1.82) is 0 Å². The van der Waals surface area contributed by atoms with E-state index >= 15 is 0 Å². The predicted molar refractivity (Wildman–Crippen MR) is 270 cm³/mol. The van der Waals surface area contributed by atoms with Gasteiger partial charge in [-0.3, -0.25) is 4.57 Å². The number of benzene rings is 2. The first kappa shape index (κ1) is 56.9. The van der Waals surface area contributed by atoms with Gasteiger partial charge in [-0.25, -0.2) is 9.59 Å². The summed E-state index contributed by atoms with van der Waals surface area (Å²) < 4.78 is 34.9. The van der Waals surface area contributed by atoms with Crippen LogP contribution < -0.4 is 10.6 Å². The largest absolute Gasteiger partial charge is 0.444 e. The number of amides is 2. The van der Waals surface area contributed by atoms with Crippen LogP contribution in [-0.2, 0) is 40.7 Å². The maximum Gasteiger partial charge on any atom is 0.408 e. The Kier molecular flexibility index (Phi) is 24.2. The van der Waals surface area contributed by atoms with Crippen LogP contribution in [0.5, 0.6) is 0 Å². The molecule has 0 bridgehead atoms. The fourth-order valence-electron chi connectivity index (χ4n) is 9.14. The lowest BCUT2D eigenvalue weighted by molar-refractivity contribution is -0.113. The van der Waals surface area contributed by atoms with Gasteiger partial charge in [0.05, 0.1) is 24.3 Å². The first-order chi connectivity index (χ1) is 31.3. The van der Waals surface area contributed by atoms with Gasteiger partial charge in [0, 0.05) is 5.82 Å². The number of alkyl carbamates (subject to hydrolysis) is 2. The summed E-state index contributed by atoms with van der Waals surface area (Å²) >= 11 is 0. The predicted octanol–water partition coefficient (Wildman–Crippen LogP) is 15.2. The maximum atomic E-state index is 13.1. The van der Waals surface area contributed by atoms with Crippen molar-refractivity contribution in [2.75, 3.05) is 13.2 Å². The lowest BCUT2D eigenvalue weighted by Crippen LogP contribution is -2.49. The quantitative estimate of drug-likeness (QED) is 0.0572. The van der Waals surface area contributed by atoms with E-state index in [1.807, 2.05) is 47.6 Å². The molecule has 2 amide bonds. The molecule has 10 nitrogen and oxygen atoms in total. The number of hydrogen-bond donors (Lipinski definition) is 2. The van der Waals surface area contributed by atoms with Crippen LogP contribution in [-0.4, -0.2) is 54.0 Å². The number of ether oxygens (including phenoxy) is 2. The zero-order valence-corrected chi connectivity index (χ0v) is 43.7. The Hall–Kier alpha value is -3.46. The summed E-state index contributed by atoms with van der Waals surface area (Å²) in [5.74, 6) is 2.09. The number of unbranched alkanes of at least 4 members (excludes halogenated alkanes) is 10. The van der Waals surface area contributed by atoms with Gasteiger partial charge >= 0.3 is 19.8 Å². The molecule has 2 N–H and O–H groups in total. The van der Waals surface area contributed by atoms with E-state index in [4.69, 9.17) is 18.5 Å². The second-order valence-corrected chi connectivity index (χ2v) is 22.7. The minimum absolute atomic E-state index is 0.279. The fourth-order valence-corrected chi connectivity index (χ4v) is 10.6. The van der Waals surface area contributed by atoms with Crippen LogP contribution >= 0.6 is 7.60 Å². The first-order valence-corrected chi connectivity index (χ1v) is 27.2. The number of carbonyl (C=O) groups is 3. The number of hydrogen-bond acceptors (Lipinski definition) is 8. The van der Waals surface area contributed by atoms with Gasteiger partial charge in [-0.05, 0) is 154 Å². The molecular formula is C55H89N2O8P. The molecule has 0 radical (unpaired) electrons. The normalized spacial score (nSPS) is 21.0. The molecule has 0 aromatic heterocycles. The SMILES string of the molecule is CCCCCCCCc1ccc([C@H]2CC[C@@](/C=C/P(=O)(OCC)OCC)(NC(=O)OC(C)(C)C)C2)cc1.CCCCCCCCc1ccc([C@H]2CC[C@@](C=O)(NC(=O)OC(C)(C)C)C2)cc1. The van der Waals surface area contributed by atoms with Gasteiger partial charge in [0.1, 0.15) is 17.5 Å². The Labute approximate surface area is 400 Å². The van der Waals surface area contributed by atoms with Crippen LogP contribution in [0.15, 0.2) is 60.4 Å². The number of carbonyl (C=O) groups excluding carboxylic acids is 3. The number of nitrogens with one attached hydrogen (secondary N) is 2. The molecule has 4 atom stereocenters. The van der Waals surface area contributed by atoms with Gasteiger partial charge in [-0.1, -0.05) is 133 Å². The second-order valence-electron chi connectivity index (χ2n) is 20.8. The van der Waals surface area contributed by atoms with E-state index in [0.29, 0.717) is 31.6 Å². The Morgan fingerprint density at radius 3 is 1.38 bits per heavy atom. The lowest BCUT2D eigenvalue weighted by Gasteiger charge is -2.30. The molecule has 66 heavy (non-hydrogen) atoms. The van der Waals surface area contributed by atoms with Crippen LogP contribution in [0.1, 0.15) is 219 Å². The molecule has 2 saturated carbocycles. The summed E-state index contributed by atoms with van der Waals surface area (Å²) in [4.78, 5) is 36.7. The van der Waals surface area contributed by atoms with Crippen molar-refractivity contribution in [3.8, 4) is 0 Å². The van der Waals surface area contributed by atoms with E-state index < -0.39 is 42.1 Å². The molecule has 2 fully saturated rings. The third kappa shape index (κ3) is 21.2. The van der Waals surface area contributed by atoms with Crippen molar-refractivity contribution in [2.24, 2.45) is 0 Å². The van der Waals surface area contributed by atoms with Crippen LogP contribution in [0.2, 0.25) is 0 Å². The lowest BCUT2D eigenvalue weighted by atomic mass is 9.91. The van der Waals surface area contributed by atoms with E-state index in [1.165, 1.54) is 105 Å². The van der Waals surface area contributed by atoms with E-state index in [1.54, 1.807) is 13.8 Å². The topological polar surface area (TPSA) is 129 Å².